The molecule has 0 unspecified atom stereocenters. The average Bonchev–Trinajstić information content (AvgIpc) is 2.86. The zero-order chi connectivity index (χ0) is 15.2. The van der Waals surface area contributed by atoms with Crippen LogP contribution in [0.2, 0.25) is 0 Å². The van der Waals surface area contributed by atoms with Crippen molar-refractivity contribution >= 4 is 22.4 Å². The molecule has 0 aromatic carbocycles. The maximum absolute atomic E-state index is 12.0. The van der Waals surface area contributed by atoms with E-state index in [0.717, 1.165) is 0 Å². The smallest absolute Gasteiger partial charge is 0.262 e. The van der Waals surface area contributed by atoms with Crippen LogP contribution in [0.4, 0.5) is 5.13 Å². The maximum Gasteiger partial charge on any atom is 0.262 e. The molecule has 2 aromatic rings. The Labute approximate surface area is 124 Å². The number of thiazole rings is 1. The third-order valence-corrected chi connectivity index (χ3v) is 3.30. The lowest BCUT2D eigenvalue weighted by Gasteiger charge is -2.01. The van der Waals surface area contributed by atoms with Gasteiger partial charge in [-0.2, -0.15) is 0 Å². The standard InChI is InChI=1S/C14H13N3O3S/c1-9-6-12(19)11(8-15-9)13(20)17-14-16-7-10(21-14)4-2-3-5-18/h6-8,18H,3,5H2,1H3,(H,15,19)(H,16,17,20). The van der Waals surface area contributed by atoms with Crippen LogP contribution in [0.3, 0.4) is 0 Å². The number of carbonyl (C=O) groups is 1. The van der Waals surface area contributed by atoms with Crippen molar-refractivity contribution in [2.45, 2.75) is 13.3 Å². The number of nitrogens with zero attached hydrogens (tertiary/aromatic N) is 1. The lowest BCUT2D eigenvalue weighted by atomic mass is 10.2. The lowest BCUT2D eigenvalue weighted by molar-refractivity contribution is 0.102. The van der Waals surface area contributed by atoms with E-state index in [9.17, 15) is 9.59 Å². The fourth-order valence-corrected chi connectivity index (χ4v) is 2.20. The molecule has 3 N–H and O–H groups in total. The fourth-order valence-electron chi connectivity index (χ4n) is 1.51. The first kappa shape index (κ1) is 15.0. The highest BCUT2D eigenvalue weighted by molar-refractivity contribution is 7.16. The van der Waals surface area contributed by atoms with Crippen molar-refractivity contribution in [3.63, 3.8) is 0 Å². The number of hydrogen-bond acceptors (Lipinski definition) is 5. The van der Waals surface area contributed by atoms with Gasteiger partial charge < -0.3 is 10.1 Å². The van der Waals surface area contributed by atoms with Gasteiger partial charge in [0.1, 0.15) is 5.56 Å². The number of aromatic amines is 1. The van der Waals surface area contributed by atoms with Gasteiger partial charge in [-0.05, 0) is 6.92 Å². The zero-order valence-electron chi connectivity index (χ0n) is 11.3. The maximum atomic E-state index is 12.0. The number of nitrogens with one attached hydrogen (secondary N) is 2. The molecular formula is C14H13N3O3S. The van der Waals surface area contributed by atoms with E-state index in [1.54, 1.807) is 6.92 Å². The van der Waals surface area contributed by atoms with Crippen LogP contribution >= 0.6 is 11.3 Å². The molecule has 2 aromatic heterocycles. The molecule has 0 spiro atoms. The Morgan fingerprint density at radius 2 is 2.38 bits per heavy atom. The van der Waals surface area contributed by atoms with Gasteiger partial charge in [0.15, 0.2) is 10.6 Å². The van der Waals surface area contributed by atoms with Crippen molar-refractivity contribution in [3.8, 4) is 11.8 Å². The molecule has 2 rings (SSSR count). The number of hydrogen-bond donors (Lipinski definition) is 3. The second-order valence-corrected chi connectivity index (χ2v) is 5.18. The van der Waals surface area contributed by atoms with Gasteiger partial charge in [-0.25, -0.2) is 4.98 Å². The summed E-state index contributed by atoms with van der Waals surface area (Å²) in [5.74, 6) is 5.08. The van der Waals surface area contributed by atoms with Gasteiger partial charge in [-0.15, -0.1) is 0 Å². The predicted molar refractivity (Wildman–Crippen MR) is 80.4 cm³/mol. The Kier molecular flexibility index (Phi) is 4.87. The van der Waals surface area contributed by atoms with Gasteiger partial charge in [0.05, 0.1) is 17.7 Å². The van der Waals surface area contributed by atoms with Crippen LogP contribution in [0.5, 0.6) is 0 Å². The number of aromatic nitrogens is 2. The van der Waals surface area contributed by atoms with Crippen LogP contribution in [-0.2, 0) is 0 Å². The molecule has 6 nitrogen and oxygen atoms in total. The van der Waals surface area contributed by atoms with E-state index in [4.69, 9.17) is 5.11 Å². The molecule has 21 heavy (non-hydrogen) atoms. The first-order chi connectivity index (χ1) is 10.1. The van der Waals surface area contributed by atoms with Crippen LogP contribution < -0.4 is 10.7 Å². The third-order valence-electron chi connectivity index (χ3n) is 2.48. The van der Waals surface area contributed by atoms with Crippen LogP contribution in [0.1, 0.15) is 27.3 Å². The highest BCUT2D eigenvalue weighted by atomic mass is 32.1. The molecule has 1 amide bonds. The molecular weight excluding hydrogens is 290 g/mol. The van der Waals surface area contributed by atoms with Crippen molar-refractivity contribution in [1.29, 1.82) is 0 Å². The van der Waals surface area contributed by atoms with E-state index in [0.29, 0.717) is 22.1 Å². The summed E-state index contributed by atoms with van der Waals surface area (Å²) in [5.41, 5.74) is 0.374. The van der Waals surface area contributed by atoms with Crippen LogP contribution in [0.15, 0.2) is 23.3 Å². The lowest BCUT2D eigenvalue weighted by Crippen LogP contribution is -2.21. The molecule has 0 aliphatic carbocycles. The second kappa shape index (κ2) is 6.83. The number of aliphatic hydroxyl groups is 1. The van der Waals surface area contributed by atoms with Gasteiger partial charge in [0, 0.05) is 24.4 Å². The van der Waals surface area contributed by atoms with Gasteiger partial charge in [-0.3, -0.25) is 14.9 Å². The molecule has 0 saturated carbocycles. The number of carbonyl (C=O) groups excluding carboxylic acids is 1. The van der Waals surface area contributed by atoms with Crippen molar-refractivity contribution in [2.24, 2.45) is 0 Å². The molecule has 7 heteroatoms. The van der Waals surface area contributed by atoms with Gasteiger partial charge in [-0.1, -0.05) is 23.2 Å². The first-order valence-electron chi connectivity index (χ1n) is 6.16. The largest absolute Gasteiger partial charge is 0.395 e. The van der Waals surface area contributed by atoms with E-state index in [1.807, 2.05) is 0 Å². The third kappa shape index (κ3) is 4.02. The Morgan fingerprint density at radius 3 is 3.10 bits per heavy atom. The van der Waals surface area contributed by atoms with E-state index >= 15 is 0 Å². The van der Waals surface area contributed by atoms with E-state index in [2.05, 4.69) is 27.1 Å². The highest BCUT2D eigenvalue weighted by Gasteiger charge is 2.12. The molecule has 0 aliphatic heterocycles. The molecule has 108 valence electrons. The topological polar surface area (TPSA) is 95.1 Å². The normalized spacial score (nSPS) is 9.81. The molecule has 0 saturated heterocycles. The minimum atomic E-state index is -0.513. The van der Waals surface area contributed by atoms with Gasteiger partial charge in [0.25, 0.3) is 5.91 Å². The Morgan fingerprint density at radius 1 is 1.57 bits per heavy atom. The molecule has 0 radical (unpaired) electrons. The van der Waals surface area contributed by atoms with E-state index < -0.39 is 5.91 Å². The summed E-state index contributed by atoms with van der Waals surface area (Å²) in [6.07, 6.45) is 3.30. The zero-order valence-corrected chi connectivity index (χ0v) is 12.1. The minimum Gasteiger partial charge on any atom is -0.395 e. The Bertz CT molecular complexity index is 768. The van der Waals surface area contributed by atoms with E-state index in [-0.39, 0.29) is 17.6 Å². The Balaban J connectivity index is 2.10. The van der Waals surface area contributed by atoms with Gasteiger partial charge >= 0.3 is 0 Å². The van der Waals surface area contributed by atoms with E-state index in [1.165, 1.54) is 29.8 Å². The van der Waals surface area contributed by atoms with Crippen molar-refractivity contribution < 1.29 is 9.90 Å². The van der Waals surface area contributed by atoms with Crippen molar-refractivity contribution in [1.82, 2.24) is 9.97 Å². The number of aliphatic hydroxyl groups excluding tert-OH is 1. The predicted octanol–water partition coefficient (Wildman–Crippen LogP) is 1.13. The number of pyridine rings is 1. The van der Waals surface area contributed by atoms with Crippen LogP contribution in [-0.4, -0.2) is 27.6 Å². The summed E-state index contributed by atoms with van der Waals surface area (Å²) in [6.45, 7) is 1.74. The number of amides is 1. The monoisotopic (exact) mass is 303 g/mol. The molecule has 0 fully saturated rings. The minimum absolute atomic E-state index is 0.00555. The second-order valence-electron chi connectivity index (χ2n) is 4.15. The average molecular weight is 303 g/mol. The summed E-state index contributed by atoms with van der Waals surface area (Å²) in [5, 5.41) is 11.6. The number of aryl methyl sites for hydroxylation is 1. The van der Waals surface area contributed by atoms with Crippen LogP contribution in [0.25, 0.3) is 0 Å². The molecule has 0 bridgehead atoms. The number of anilines is 1. The number of rotatable bonds is 3. The first-order valence-corrected chi connectivity index (χ1v) is 6.98. The summed E-state index contributed by atoms with van der Waals surface area (Å²) < 4.78 is 0. The highest BCUT2D eigenvalue weighted by Crippen LogP contribution is 2.17. The summed E-state index contributed by atoms with van der Waals surface area (Å²) >= 11 is 1.20. The van der Waals surface area contributed by atoms with Crippen LogP contribution in [0, 0.1) is 18.8 Å². The molecule has 2 heterocycles. The van der Waals surface area contributed by atoms with Crippen molar-refractivity contribution in [3.05, 3.63) is 44.8 Å². The quantitative estimate of drug-likeness (QED) is 0.741. The number of H-pyrrole nitrogens is 1. The van der Waals surface area contributed by atoms with Gasteiger partial charge in [0.2, 0.25) is 0 Å². The fraction of sp³-hybridized carbons (Fsp3) is 0.214. The Hall–Kier alpha value is -2.43. The summed E-state index contributed by atoms with van der Waals surface area (Å²) in [4.78, 5) is 31.2. The summed E-state index contributed by atoms with van der Waals surface area (Å²) in [7, 11) is 0. The molecule has 0 aliphatic rings. The molecule has 0 atom stereocenters. The van der Waals surface area contributed by atoms with Crippen molar-refractivity contribution in [2.75, 3.05) is 11.9 Å². The summed E-state index contributed by atoms with van der Waals surface area (Å²) in [6, 6.07) is 1.36. The SMILES string of the molecule is Cc1cc(=O)c(C(=O)Nc2ncc(C#CCCO)s2)c[nH]1.